The van der Waals surface area contributed by atoms with Crippen molar-refractivity contribution in [3.8, 4) is 5.75 Å². The molecule has 25 heavy (non-hydrogen) atoms. The van der Waals surface area contributed by atoms with E-state index in [1.165, 1.54) is 0 Å². The van der Waals surface area contributed by atoms with Gasteiger partial charge in [-0.3, -0.25) is 0 Å². The van der Waals surface area contributed by atoms with Gasteiger partial charge in [0.2, 0.25) is 5.95 Å². The van der Waals surface area contributed by atoms with Crippen LogP contribution in [-0.4, -0.2) is 30.7 Å². The highest BCUT2D eigenvalue weighted by Gasteiger charge is 2.12. The van der Waals surface area contributed by atoms with Crippen LogP contribution in [0.25, 0.3) is 0 Å². The Morgan fingerprint density at radius 3 is 2.44 bits per heavy atom. The molecule has 0 aliphatic rings. The van der Waals surface area contributed by atoms with Gasteiger partial charge in [0.15, 0.2) is 9.84 Å². The number of ether oxygens (including phenoxy) is 1. The Balaban J connectivity index is 0.00000312. The zero-order chi connectivity index (χ0) is 17.6. The topological polar surface area (TPSA) is 121 Å². The summed E-state index contributed by atoms with van der Waals surface area (Å²) in [6, 6.07) is 6.49. The molecule has 0 spiro atoms. The van der Waals surface area contributed by atoms with Gasteiger partial charge in [0, 0.05) is 11.8 Å². The van der Waals surface area contributed by atoms with Crippen LogP contribution in [0.15, 0.2) is 35.4 Å². The molecule has 0 fully saturated rings. The molecule has 0 unspecified atom stereocenters. The third-order valence-electron chi connectivity index (χ3n) is 3.43. The highest BCUT2D eigenvalue weighted by Crippen LogP contribution is 2.18. The lowest BCUT2D eigenvalue weighted by Crippen LogP contribution is -2.06. The number of aromatic nitrogens is 2. The Kier molecular flexibility index (Phi) is 7.92. The minimum Gasteiger partial charge on any atom is -0.494 e. The molecule has 0 radical (unpaired) electrons. The molecule has 1 aromatic carbocycles. The van der Waals surface area contributed by atoms with E-state index in [2.05, 4.69) is 9.97 Å². The van der Waals surface area contributed by atoms with Gasteiger partial charge in [0.1, 0.15) is 11.6 Å². The Hall–Kier alpha value is -2.06. The van der Waals surface area contributed by atoms with Crippen molar-refractivity contribution < 1.29 is 13.2 Å². The Bertz CT molecular complexity index is 782. The van der Waals surface area contributed by atoms with Gasteiger partial charge in [-0.25, -0.2) is 13.4 Å². The molecular formula is C16H23ClN4O3S. The maximum atomic E-state index is 11.9. The number of sulfone groups is 1. The highest BCUT2D eigenvalue weighted by atomic mass is 35.5. The van der Waals surface area contributed by atoms with E-state index in [9.17, 15) is 8.42 Å². The first-order chi connectivity index (χ1) is 11.4. The summed E-state index contributed by atoms with van der Waals surface area (Å²) >= 11 is 0. The number of nitrogens with two attached hydrogens (primary N) is 2. The zero-order valence-electron chi connectivity index (χ0n) is 14.0. The summed E-state index contributed by atoms with van der Waals surface area (Å²) in [4.78, 5) is 8.14. The third-order valence-corrected chi connectivity index (χ3v) is 5.37. The molecule has 0 atom stereocenters. The van der Waals surface area contributed by atoms with Crippen molar-refractivity contribution in [3.63, 3.8) is 0 Å². The highest BCUT2D eigenvalue weighted by molar-refractivity contribution is 7.91. The molecule has 9 heteroatoms. The number of hydrogen-bond donors (Lipinski definition) is 2. The van der Waals surface area contributed by atoms with Gasteiger partial charge in [-0.2, -0.15) is 4.98 Å². The van der Waals surface area contributed by atoms with Crippen molar-refractivity contribution >= 4 is 34.0 Å². The number of hydrogen-bond acceptors (Lipinski definition) is 7. The standard InChI is InChI=1S/C16H22N4O3S.ClH/c1-2-10-24(21,22)14-7-5-13(6-8-14)23-9-3-4-12-11-19-16(18)20-15(12)17;/h5-8,11H,2-4,9-10H2,1H3,(H4,17,18,19,20);1H. The zero-order valence-corrected chi connectivity index (χ0v) is 15.6. The summed E-state index contributed by atoms with van der Waals surface area (Å²) in [5.74, 6) is 1.32. The number of benzene rings is 1. The first-order valence-electron chi connectivity index (χ1n) is 7.75. The lowest BCUT2D eigenvalue weighted by molar-refractivity contribution is 0.311. The number of rotatable bonds is 8. The summed E-state index contributed by atoms with van der Waals surface area (Å²) < 4.78 is 29.5. The summed E-state index contributed by atoms with van der Waals surface area (Å²) in [5, 5.41) is 0. The Morgan fingerprint density at radius 1 is 1.16 bits per heavy atom. The second-order valence-electron chi connectivity index (χ2n) is 5.38. The lowest BCUT2D eigenvalue weighted by atomic mass is 10.2. The molecule has 1 aromatic heterocycles. The van der Waals surface area contributed by atoms with Crippen LogP contribution in [0.2, 0.25) is 0 Å². The van der Waals surface area contributed by atoms with Crippen molar-refractivity contribution in [1.82, 2.24) is 9.97 Å². The maximum absolute atomic E-state index is 11.9. The van der Waals surface area contributed by atoms with Crippen LogP contribution in [0.1, 0.15) is 25.3 Å². The fourth-order valence-electron chi connectivity index (χ4n) is 2.21. The molecule has 0 saturated carbocycles. The fraction of sp³-hybridized carbons (Fsp3) is 0.375. The average Bonchev–Trinajstić information content (AvgIpc) is 2.53. The van der Waals surface area contributed by atoms with Gasteiger partial charge < -0.3 is 16.2 Å². The van der Waals surface area contributed by atoms with E-state index in [-0.39, 0.29) is 24.1 Å². The van der Waals surface area contributed by atoms with E-state index >= 15 is 0 Å². The second-order valence-corrected chi connectivity index (χ2v) is 7.49. The van der Waals surface area contributed by atoms with Gasteiger partial charge >= 0.3 is 0 Å². The van der Waals surface area contributed by atoms with E-state index in [0.29, 0.717) is 35.9 Å². The molecule has 0 amide bonds. The number of halogens is 1. The van der Waals surface area contributed by atoms with Crippen molar-refractivity contribution in [2.75, 3.05) is 23.8 Å². The quantitative estimate of drug-likeness (QED) is 0.667. The first kappa shape index (κ1) is 21.0. The Labute approximate surface area is 154 Å². The van der Waals surface area contributed by atoms with Gasteiger partial charge in [-0.05, 0) is 43.5 Å². The van der Waals surface area contributed by atoms with Gasteiger partial charge in [0.05, 0.1) is 17.3 Å². The number of anilines is 2. The molecule has 0 saturated heterocycles. The summed E-state index contributed by atoms with van der Waals surface area (Å²) in [7, 11) is -3.19. The normalized spacial score (nSPS) is 10.9. The van der Waals surface area contributed by atoms with E-state index in [0.717, 1.165) is 12.0 Å². The van der Waals surface area contributed by atoms with Crippen LogP contribution < -0.4 is 16.2 Å². The second kappa shape index (κ2) is 9.43. The van der Waals surface area contributed by atoms with Crippen molar-refractivity contribution in [2.24, 2.45) is 0 Å². The van der Waals surface area contributed by atoms with Crippen LogP contribution in [-0.2, 0) is 16.3 Å². The van der Waals surface area contributed by atoms with Crippen molar-refractivity contribution in [1.29, 1.82) is 0 Å². The third kappa shape index (κ3) is 6.06. The minimum absolute atomic E-state index is 0. The molecule has 0 aliphatic carbocycles. The average molecular weight is 387 g/mol. The maximum Gasteiger partial charge on any atom is 0.221 e. The first-order valence-corrected chi connectivity index (χ1v) is 9.40. The molecule has 138 valence electrons. The summed E-state index contributed by atoms with van der Waals surface area (Å²) in [6.07, 6.45) is 3.62. The lowest BCUT2D eigenvalue weighted by Gasteiger charge is -2.08. The molecular weight excluding hydrogens is 364 g/mol. The minimum atomic E-state index is -3.19. The van der Waals surface area contributed by atoms with E-state index in [4.69, 9.17) is 16.2 Å². The number of nitrogen functional groups attached to an aromatic ring is 2. The van der Waals surface area contributed by atoms with Gasteiger partial charge in [-0.1, -0.05) is 6.92 Å². The molecule has 0 bridgehead atoms. The monoisotopic (exact) mass is 386 g/mol. The van der Waals surface area contributed by atoms with Gasteiger partial charge in [0.25, 0.3) is 0 Å². The predicted molar refractivity (Wildman–Crippen MR) is 101 cm³/mol. The van der Waals surface area contributed by atoms with Crippen LogP contribution in [0.5, 0.6) is 5.75 Å². The SMILES string of the molecule is CCCS(=O)(=O)c1ccc(OCCCc2cnc(N)nc2N)cc1.Cl. The summed E-state index contributed by atoms with van der Waals surface area (Å²) in [6.45, 7) is 2.32. The summed E-state index contributed by atoms with van der Waals surface area (Å²) in [5.41, 5.74) is 12.0. The molecule has 1 heterocycles. The van der Waals surface area contributed by atoms with E-state index in [1.807, 2.05) is 6.92 Å². The molecule has 2 rings (SSSR count). The number of nitrogens with zero attached hydrogens (tertiary/aromatic N) is 2. The van der Waals surface area contributed by atoms with Crippen LogP contribution in [0, 0.1) is 0 Å². The Morgan fingerprint density at radius 2 is 1.84 bits per heavy atom. The van der Waals surface area contributed by atoms with E-state index in [1.54, 1.807) is 30.5 Å². The van der Waals surface area contributed by atoms with Crippen LogP contribution >= 0.6 is 12.4 Å². The molecule has 4 N–H and O–H groups in total. The van der Waals surface area contributed by atoms with Crippen molar-refractivity contribution in [2.45, 2.75) is 31.1 Å². The molecule has 0 aliphatic heterocycles. The van der Waals surface area contributed by atoms with E-state index < -0.39 is 9.84 Å². The number of aryl methyl sites for hydroxylation is 1. The van der Waals surface area contributed by atoms with Crippen LogP contribution in [0.4, 0.5) is 11.8 Å². The molecule has 2 aromatic rings. The van der Waals surface area contributed by atoms with Crippen molar-refractivity contribution in [3.05, 3.63) is 36.0 Å². The molecule has 7 nitrogen and oxygen atoms in total. The fourth-order valence-corrected chi connectivity index (χ4v) is 3.53. The van der Waals surface area contributed by atoms with Gasteiger partial charge in [-0.15, -0.1) is 12.4 Å². The van der Waals surface area contributed by atoms with Crippen LogP contribution in [0.3, 0.4) is 0 Å². The smallest absolute Gasteiger partial charge is 0.221 e. The predicted octanol–water partition coefficient (Wildman–Crippen LogP) is 2.26. The largest absolute Gasteiger partial charge is 0.494 e.